The van der Waals surface area contributed by atoms with Crippen LogP contribution in [-0.2, 0) is 27.6 Å². The Labute approximate surface area is 229 Å². The zero-order valence-electron chi connectivity index (χ0n) is 21.6. The van der Waals surface area contributed by atoms with Crippen molar-refractivity contribution in [3.05, 3.63) is 99.1 Å². The minimum absolute atomic E-state index is 0.126. The van der Waals surface area contributed by atoms with Crippen molar-refractivity contribution in [2.75, 3.05) is 6.61 Å². The van der Waals surface area contributed by atoms with Crippen LogP contribution in [0.4, 0.5) is 0 Å². The Balaban J connectivity index is 1.26. The molecule has 1 aliphatic carbocycles. The topological polar surface area (TPSA) is 87.9 Å². The number of rotatable bonds is 16. The summed E-state index contributed by atoms with van der Waals surface area (Å²) in [4.78, 5) is 26.8. The Morgan fingerprint density at radius 1 is 1.03 bits per heavy atom. The Morgan fingerprint density at radius 2 is 1.84 bits per heavy atom. The van der Waals surface area contributed by atoms with E-state index < -0.39 is 5.09 Å². The van der Waals surface area contributed by atoms with Crippen molar-refractivity contribution in [3.63, 3.8) is 0 Å². The fraction of sp³-hybridized carbons (Fsp3) is 0.433. The largest absolute Gasteiger partial charge is 0.493 e. The molecule has 2 aromatic rings. The van der Waals surface area contributed by atoms with Crippen molar-refractivity contribution >= 4 is 17.6 Å². The highest BCUT2D eigenvalue weighted by Crippen LogP contribution is 2.35. The van der Waals surface area contributed by atoms with E-state index in [1.165, 1.54) is 19.3 Å². The van der Waals surface area contributed by atoms with Gasteiger partial charge in [0.15, 0.2) is 0 Å². The monoisotopic (exact) mass is 541 g/mol. The summed E-state index contributed by atoms with van der Waals surface area (Å²) in [5.41, 5.74) is 1.43. The van der Waals surface area contributed by atoms with Crippen LogP contribution in [0.25, 0.3) is 0 Å². The summed E-state index contributed by atoms with van der Waals surface area (Å²) in [6, 6.07) is 14.5. The Kier molecular flexibility index (Phi) is 12.7. The number of nitrogens with zero attached hydrogens (tertiary/aromatic N) is 1. The number of carbonyl (C=O) groups is 1. The van der Waals surface area contributed by atoms with Crippen LogP contribution in [0.5, 0.6) is 5.75 Å². The molecule has 1 saturated carbocycles. The van der Waals surface area contributed by atoms with Gasteiger partial charge in [-0.3, -0.25) is 4.79 Å². The molecule has 3 rings (SSSR count). The van der Waals surface area contributed by atoms with E-state index in [0.717, 1.165) is 37.0 Å². The maximum atomic E-state index is 12.1. The SMILES string of the molecule is O=C(CCC/C=C\C[C@H]1CCCC1/C=C/CCOc1cccc(Cl)c1)OCc1cccc(CO[N+](=O)[O-])c1. The quantitative estimate of drug-likeness (QED) is 0.0712. The predicted molar refractivity (Wildman–Crippen MR) is 147 cm³/mol. The van der Waals surface area contributed by atoms with Gasteiger partial charge in [0.1, 0.15) is 19.0 Å². The van der Waals surface area contributed by atoms with E-state index in [9.17, 15) is 14.9 Å². The van der Waals surface area contributed by atoms with Gasteiger partial charge in [-0.15, -0.1) is 10.1 Å². The van der Waals surface area contributed by atoms with Gasteiger partial charge in [0.05, 0.1) is 6.61 Å². The van der Waals surface area contributed by atoms with E-state index in [4.69, 9.17) is 21.1 Å². The first-order chi connectivity index (χ1) is 18.5. The third-order valence-electron chi connectivity index (χ3n) is 6.54. The maximum Gasteiger partial charge on any atom is 0.306 e. The molecule has 0 radical (unpaired) electrons. The number of halogens is 1. The van der Waals surface area contributed by atoms with Crippen LogP contribution >= 0.6 is 11.6 Å². The van der Waals surface area contributed by atoms with Crippen molar-refractivity contribution in [3.8, 4) is 5.75 Å². The highest BCUT2D eigenvalue weighted by molar-refractivity contribution is 6.30. The number of esters is 1. The molecule has 0 N–H and O–H groups in total. The molecule has 1 aliphatic rings. The van der Waals surface area contributed by atoms with E-state index in [2.05, 4.69) is 29.1 Å². The van der Waals surface area contributed by atoms with Gasteiger partial charge in [0.2, 0.25) is 0 Å². The number of ether oxygens (including phenoxy) is 2. The minimum atomic E-state index is -0.827. The fourth-order valence-electron chi connectivity index (χ4n) is 4.61. The van der Waals surface area contributed by atoms with Crippen LogP contribution in [0.3, 0.4) is 0 Å². The van der Waals surface area contributed by atoms with Crippen molar-refractivity contribution in [2.45, 2.75) is 64.6 Å². The summed E-state index contributed by atoms with van der Waals surface area (Å²) in [7, 11) is 0. The third kappa shape index (κ3) is 11.4. The molecule has 0 spiro atoms. The van der Waals surface area contributed by atoms with E-state index in [-0.39, 0.29) is 19.2 Å². The van der Waals surface area contributed by atoms with Crippen molar-refractivity contribution < 1.29 is 24.2 Å². The lowest BCUT2D eigenvalue weighted by atomic mass is 9.92. The number of allylic oxidation sites excluding steroid dienone is 3. The molecule has 204 valence electrons. The molecule has 38 heavy (non-hydrogen) atoms. The molecule has 0 aliphatic heterocycles. The van der Waals surface area contributed by atoms with Gasteiger partial charge in [-0.2, -0.15) is 0 Å². The molecule has 0 saturated heterocycles. The second-order valence-corrected chi connectivity index (χ2v) is 9.89. The van der Waals surface area contributed by atoms with Crippen LogP contribution in [0.2, 0.25) is 5.02 Å². The summed E-state index contributed by atoms with van der Waals surface area (Å²) in [6.07, 6.45) is 16.7. The van der Waals surface area contributed by atoms with E-state index in [0.29, 0.717) is 35.4 Å². The zero-order valence-corrected chi connectivity index (χ0v) is 22.4. The predicted octanol–water partition coefficient (Wildman–Crippen LogP) is 7.65. The lowest BCUT2D eigenvalue weighted by molar-refractivity contribution is -0.763. The van der Waals surface area contributed by atoms with Crippen LogP contribution in [-0.4, -0.2) is 17.7 Å². The molecule has 0 bridgehead atoms. The molecule has 8 heteroatoms. The molecule has 1 fully saturated rings. The number of benzene rings is 2. The number of hydrogen-bond acceptors (Lipinski definition) is 6. The second kappa shape index (κ2) is 16.5. The van der Waals surface area contributed by atoms with Crippen molar-refractivity contribution in [1.29, 1.82) is 0 Å². The van der Waals surface area contributed by atoms with Crippen molar-refractivity contribution in [2.24, 2.45) is 11.8 Å². The zero-order chi connectivity index (χ0) is 27.0. The Morgan fingerprint density at radius 3 is 2.66 bits per heavy atom. The van der Waals surface area contributed by atoms with Gasteiger partial charge in [0.25, 0.3) is 5.09 Å². The molecule has 1 unspecified atom stereocenters. The van der Waals surface area contributed by atoms with Gasteiger partial charge in [0, 0.05) is 11.4 Å². The van der Waals surface area contributed by atoms with Gasteiger partial charge in [-0.25, -0.2) is 0 Å². The highest BCUT2D eigenvalue weighted by atomic mass is 35.5. The first kappa shape index (κ1) is 29.2. The van der Waals surface area contributed by atoms with Crippen LogP contribution in [0, 0.1) is 22.0 Å². The number of unbranched alkanes of at least 4 members (excludes halogenated alkanes) is 1. The third-order valence-corrected chi connectivity index (χ3v) is 6.77. The van der Waals surface area contributed by atoms with Crippen LogP contribution < -0.4 is 4.74 Å². The first-order valence-corrected chi connectivity index (χ1v) is 13.6. The van der Waals surface area contributed by atoms with Crippen molar-refractivity contribution in [1.82, 2.24) is 0 Å². The average molecular weight is 542 g/mol. The van der Waals surface area contributed by atoms with Crippen LogP contribution in [0.1, 0.15) is 62.5 Å². The van der Waals surface area contributed by atoms with Gasteiger partial charge >= 0.3 is 5.97 Å². The summed E-state index contributed by atoms with van der Waals surface area (Å²) < 4.78 is 11.1. The maximum absolute atomic E-state index is 12.1. The highest BCUT2D eigenvalue weighted by Gasteiger charge is 2.23. The molecule has 7 nitrogen and oxygen atoms in total. The number of hydrogen-bond donors (Lipinski definition) is 0. The second-order valence-electron chi connectivity index (χ2n) is 9.45. The minimum Gasteiger partial charge on any atom is -0.493 e. The summed E-state index contributed by atoms with van der Waals surface area (Å²) in [5.74, 6) is 1.85. The van der Waals surface area contributed by atoms with Gasteiger partial charge in [-0.05, 0) is 79.7 Å². The molecule has 0 heterocycles. The van der Waals surface area contributed by atoms with Gasteiger partial charge < -0.3 is 14.3 Å². The first-order valence-electron chi connectivity index (χ1n) is 13.2. The Hall–Kier alpha value is -3.32. The lowest BCUT2D eigenvalue weighted by Gasteiger charge is -2.14. The summed E-state index contributed by atoms with van der Waals surface area (Å²) in [6.45, 7) is 0.658. The molecule has 0 aromatic heterocycles. The Bertz CT molecular complexity index is 1090. The molecule has 2 atom stereocenters. The number of carbonyl (C=O) groups excluding carboxylic acids is 1. The van der Waals surface area contributed by atoms with E-state index in [1.54, 1.807) is 18.2 Å². The smallest absolute Gasteiger partial charge is 0.306 e. The molecule has 0 amide bonds. The lowest BCUT2D eigenvalue weighted by Crippen LogP contribution is -2.05. The molecular weight excluding hydrogens is 506 g/mol. The molecule has 2 aromatic carbocycles. The van der Waals surface area contributed by atoms with E-state index in [1.807, 2.05) is 30.3 Å². The van der Waals surface area contributed by atoms with E-state index >= 15 is 0 Å². The van der Waals surface area contributed by atoms with Gasteiger partial charge in [-0.1, -0.05) is 72.7 Å². The summed E-state index contributed by atoms with van der Waals surface area (Å²) >= 11 is 5.99. The van der Waals surface area contributed by atoms with Crippen LogP contribution in [0.15, 0.2) is 72.8 Å². The molecular formula is C30H36ClNO6. The fourth-order valence-corrected chi connectivity index (χ4v) is 4.79. The summed E-state index contributed by atoms with van der Waals surface area (Å²) in [5, 5.41) is 10.2. The average Bonchev–Trinajstić information content (AvgIpc) is 3.35. The standard InChI is InChI=1S/C30H36ClNO6/c31-28-16-9-17-29(21-28)36-19-6-5-13-27-15-8-14-26(27)12-3-1-2-4-18-30(33)37-22-24-10-7-11-25(20-24)23-38-32(34)35/h1,3,5,7,9-11,13,16-17,20-21,26-27H,2,4,6,8,12,14-15,18-19,22-23H2/b3-1-,13-5+/t26-,27?/m0/s1. The normalized spacial score (nSPS) is 17.2.